The zero-order valence-corrected chi connectivity index (χ0v) is 15.1. The Bertz CT molecular complexity index is 803. The largest absolute Gasteiger partial charge is 0.467 e. The third kappa shape index (κ3) is 3.93. The number of rotatable bonds is 6. The Morgan fingerprint density at radius 1 is 1.36 bits per heavy atom. The maximum Gasteiger partial charge on any atom is 0.183 e. The first-order valence-electron chi connectivity index (χ1n) is 8.67. The monoisotopic (exact) mass is 358 g/mol. The van der Waals surface area contributed by atoms with E-state index in [4.69, 9.17) is 14.3 Å². The van der Waals surface area contributed by atoms with Crippen LogP contribution in [0.3, 0.4) is 0 Å². The maximum absolute atomic E-state index is 5.80. The number of thiazole rings is 1. The van der Waals surface area contributed by atoms with E-state index in [9.17, 15) is 0 Å². The van der Waals surface area contributed by atoms with Gasteiger partial charge < -0.3 is 14.5 Å². The molecule has 6 nitrogen and oxygen atoms in total. The molecule has 0 amide bonds. The van der Waals surface area contributed by atoms with Crippen molar-refractivity contribution in [1.29, 1.82) is 0 Å². The molecule has 1 aliphatic heterocycles. The molecule has 0 spiro atoms. The summed E-state index contributed by atoms with van der Waals surface area (Å²) < 4.78 is 13.1. The van der Waals surface area contributed by atoms with Crippen molar-refractivity contribution in [3.05, 3.63) is 42.1 Å². The summed E-state index contributed by atoms with van der Waals surface area (Å²) in [5.74, 6) is 0.895. The van der Waals surface area contributed by atoms with Crippen LogP contribution in [0.2, 0.25) is 0 Å². The normalized spacial score (nSPS) is 17.7. The van der Waals surface area contributed by atoms with Gasteiger partial charge >= 0.3 is 0 Å². The molecule has 1 atom stereocenters. The van der Waals surface area contributed by atoms with E-state index in [-0.39, 0.29) is 6.10 Å². The molecule has 1 N–H and O–H groups in total. The molecular weight excluding hydrogens is 336 g/mol. The molecule has 1 aliphatic rings. The van der Waals surface area contributed by atoms with Gasteiger partial charge in [-0.25, -0.2) is 4.98 Å². The van der Waals surface area contributed by atoms with Gasteiger partial charge in [0.25, 0.3) is 0 Å². The summed E-state index contributed by atoms with van der Waals surface area (Å²) in [6.07, 6.45) is 7.54. The molecule has 0 aliphatic carbocycles. The molecule has 4 rings (SSSR count). The zero-order valence-electron chi connectivity index (χ0n) is 14.3. The first kappa shape index (κ1) is 16.4. The van der Waals surface area contributed by atoms with Crippen molar-refractivity contribution >= 4 is 16.5 Å². The molecule has 0 radical (unpaired) electrons. The second-order valence-electron chi connectivity index (χ2n) is 6.28. The van der Waals surface area contributed by atoms with Gasteiger partial charge in [0.15, 0.2) is 5.13 Å². The lowest BCUT2D eigenvalue weighted by Gasteiger charge is -2.22. The molecular formula is C18H22N4O2S. The summed E-state index contributed by atoms with van der Waals surface area (Å²) in [5.41, 5.74) is 1.96. The van der Waals surface area contributed by atoms with Crippen LogP contribution in [0.15, 0.2) is 35.1 Å². The number of hydrogen-bond acceptors (Lipinski definition) is 6. The fourth-order valence-electron chi connectivity index (χ4n) is 3.03. The minimum absolute atomic E-state index is 0.287. The molecule has 7 heteroatoms. The highest BCUT2D eigenvalue weighted by atomic mass is 32.1. The van der Waals surface area contributed by atoms with E-state index < -0.39 is 0 Å². The Labute approximate surface area is 150 Å². The van der Waals surface area contributed by atoms with E-state index in [0.717, 1.165) is 46.7 Å². The van der Waals surface area contributed by atoms with E-state index in [0.29, 0.717) is 6.54 Å². The Morgan fingerprint density at radius 2 is 2.32 bits per heavy atom. The second-order valence-corrected chi connectivity index (χ2v) is 7.28. The number of aromatic nitrogens is 3. The van der Waals surface area contributed by atoms with Crippen LogP contribution in [0.1, 0.15) is 30.7 Å². The first-order chi connectivity index (χ1) is 12.3. The summed E-state index contributed by atoms with van der Waals surface area (Å²) in [6, 6.07) is 5.89. The number of nitrogens with one attached hydrogen (secondary N) is 1. The molecule has 132 valence electrons. The van der Waals surface area contributed by atoms with Crippen molar-refractivity contribution < 1.29 is 9.15 Å². The molecule has 0 saturated carbocycles. The van der Waals surface area contributed by atoms with Crippen LogP contribution >= 0.6 is 11.3 Å². The van der Waals surface area contributed by atoms with E-state index in [1.807, 2.05) is 29.9 Å². The van der Waals surface area contributed by atoms with Crippen molar-refractivity contribution in [3.8, 4) is 10.6 Å². The van der Waals surface area contributed by atoms with Gasteiger partial charge in [-0.2, -0.15) is 5.10 Å². The Kier molecular flexibility index (Phi) is 4.85. The van der Waals surface area contributed by atoms with Crippen LogP contribution in [0.5, 0.6) is 0 Å². The van der Waals surface area contributed by atoms with Crippen molar-refractivity contribution in [3.63, 3.8) is 0 Å². The molecule has 1 unspecified atom stereocenters. The molecule has 1 saturated heterocycles. The molecule has 4 heterocycles. The highest BCUT2D eigenvalue weighted by Gasteiger charge is 2.17. The summed E-state index contributed by atoms with van der Waals surface area (Å²) in [5, 5.41) is 8.91. The average Bonchev–Trinajstić information content (AvgIpc) is 3.35. The molecule has 25 heavy (non-hydrogen) atoms. The lowest BCUT2D eigenvalue weighted by Crippen LogP contribution is -2.24. The Morgan fingerprint density at radius 3 is 3.12 bits per heavy atom. The maximum atomic E-state index is 5.80. The van der Waals surface area contributed by atoms with Gasteiger partial charge in [-0.15, -0.1) is 0 Å². The summed E-state index contributed by atoms with van der Waals surface area (Å²) >= 11 is 1.62. The standard InChI is InChI=1S/C18H22N4O2S/c1-13-17(25-18(20-13)19-11-14-6-4-10-23-14)16-7-8-22(21-16)12-15-5-2-3-9-24-15/h4,6-8,10,15H,2-3,5,9,11-12H2,1H3,(H,19,20). The SMILES string of the molecule is Cc1nc(NCc2ccco2)sc1-c1ccn(CC2CCCCO2)n1. The number of anilines is 1. The van der Waals surface area contributed by atoms with Gasteiger partial charge in [-0.1, -0.05) is 11.3 Å². The van der Waals surface area contributed by atoms with Gasteiger partial charge in [-0.05, 0) is 44.4 Å². The molecule has 1 fully saturated rings. The van der Waals surface area contributed by atoms with Gasteiger partial charge in [0.05, 0.1) is 36.0 Å². The van der Waals surface area contributed by atoms with Crippen molar-refractivity contribution in [1.82, 2.24) is 14.8 Å². The third-order valence-corrected chi connectivity index (χ3v) is 5.47. The molecule has 0 bridgehead atoms. The zero-order chi connectivity index (χ0) is 17.1. The predicted molar refractivity (Wildman–Crippen MR) is 97.7 cm³/mol. The van der Waals surface area contributed by atoms with Crippen LogP contribution in [-0.2, 0) is 17.8 Å². The highest BCUT2D eigenvalue weighted by molar-refractivity contribution is 7.19. The van der Waals surface area contributed by atoms with Gasteiger partial charge in [-0.3, -0.25) is 4.68 Å². The second kappa shape index (κ2) is 7.41. The number of nitrogens with zero attached hydrogens (tertiary/aromatic N) is 3. The Balaban J connectivity index is 1.42. The van der Waals surface area contributed by atoms with Crippen LogP contribution in [0.4, 0.5) is 5.13 Å². The van der Waals surface area contributed by atoms with Crippen molar-refractivity contribution in [2.75, 3.05) is 11.9 Å². The summed E-state index contributed by atoms with van der Waals surface area (Å²) in [4.78, 5) is 5.71. The minimum Gasteiger partial charge on any atom is -0.467 e. The lowest BCUT2D eigenvalue weighted by atomic mass is 10.1. The van der Waals surface area contributed by atoms with E-state index in [1.54, 1.807) is 17.6 Å². The fraction of sp³-hybridized carbons (Fsp3) is 0.444. The smallest absolute Gasteiger partial charge is 0.183 e. The molecule has 3 aromatic heterocycles. The number of furan rings is 1. The van der Waals surface area contributed by atoms with Crippen molar-refractivity contribution in [2.45, 2.75) is 45.4 Å². The number of aryl methyl sites for hydroxylation is 1. The number of hydrogen-bond donors (Lipinski definition) is 1. The topological polar surface area (TPSA) is 65.1 Å². The fourth-order valence-corrected chi connectivity index (χ4v) is 3.96. The van der Waals surface area contributed by atoms with E-state index in [2.05, 4.69) is 16.4 Å². The Hall–Kier alpha value is -2.12. The summed E-state index contributed by atoms with van der Waals surface area (Å²) in [6.45, 7) is 4.35. The van der Waals surface area contributed by atoms with Gasteiger partial charge in [0.1, 0.15) is 11.5 Å². The molecule has 0 aromatic carbocycles. The lowest BCUT2D eigenvalue weighted by molar-refractivity contribution is 0.00403. The number of ether oxygens (including phenoxy) is 1. The molecule has 3 aromatic rings. The van der Waals surface area contributed by atoms with E-state index in [1.165, 1.54) is 12.8 Å². The predicted octanol–water partition coefficient (Wildman–Crippen LogP) is 4.09. The average molecular weight is 358 g/mol. The van der Waals surface area contributed by atoms with Gasteiger partial charge in [0, 0.05) is 12.8 Å². The first-order valence-corrected chi connectivity index (χ1v) is 9.49. The van der Waals surface area contributed by atoms with Crippen LogP contribution in [0.25, 0.3) is 10.6 Å². The van der Waals surface area contributed by atoms with Crippen LogP contribution in [0, 0.1) is 6.92 Å². The van der Waals surface area contributed by atoms with Gasteiger partial charge in [0.2, 0.25) is 0 Å². The quantitative estimate of drug-likeness (QED) is 0.719. The third-order valence-electron chi connectivity index (χ3n) is 4.33. The summed E-state index contributed by atoms with van der Waals surface area (Å²) in [7, 11) is 0. The van der Waals surface area contributed by atoms with Crippen molar-refractivity contribution in [2.24, 2.45) is 0 Å². The van der Waals surface area contributed by atoms with Crippen LogP contribution in [-0.4, -0.2) is 27.5 Å². The highest BCUT2D eigenvalue weighted by Crippen LogP contribution is 2.32. The van der Waals surface area contributed by atoms with E-state index >= 15 is 0 Å². The van der Waals surface area contributed by atoms with Crippen LogP contribution < -0.4 is 5.32 Å². The minimum atomic E-state index is 0.287.